The number of allylic oxidation sites excluding steroid dienone is 1. The molecular formula is C11H16OS2. The van der Waals surface area contributed by atoms with Gasteiger partial charge in [-0.25, -0.2) is 0 Å². The molecule has 0 N–H and O–H groups in total. The van der Waals surface area contributed by atoms with Crippen molar-refractivity contribution in [2.45, 2.75) is 28.9 Å². The van der Waals surface area contributed by atoms with Crippen LogP contribution in [-0.2, 0) is 4.74 Å². The summed E-state index contributed by atoms with van der Waals surface area (Å²) in [5.74, 6) is 3.43. The number of thioether (sulfide) groups is 2. The van der Waals surface area contributed by atoms with E-state index >= 15 is 0 Å². The largest absolute Gasteiger partial charge is 0.372 e. The normalized spacial score (nSPS) is 43.6. The van der Waals surface area contributed by atoms with Crippen LogP contribution >= 0.6 is 23.5 Å². The molecule has 2 atom stereocenters. The van der Waals surface area contributed by atoms with Gasteiger partial charge < -0.3 is 4.74 Å². The fourth-order valence-electron chi connectivity index (χ4n) is 3.02. The molecule has 1 aliphatic heterocycles. The smallest absolute Gasteiger partial charge is 0.110 e. The van der Waals surface area contributed by atoms with Crippen LogP contribution in [0.2, 0.25) is 0 Å². The van der Waals surface area contributed by atoms with Gasteiger partial charge in [0, 0.05) is 18.6 Å². The van der Waals surface area contributed by atoms with Crippen LogP contribution in [0.25, 0.3) is 0 Å². The highest BCUT2D eigenvalue weighted by Gasteiger charge is 2.58. The Kier molecular flexibility index (Phi) is 2.19. The average molecular weight is 228 g/mol. The van der Waals surface area contributed by atoms with E-state index < -0.39 is 0 Å². The van der Waals surface area contributed by atoms with E-state index in [4.69, 9.17) is 4.74 Å². The number of fused-ring (bicyclic) bond motifs is 1. The quantitative estimate of drug-likeness (QED) is 0.639. The van der Waals surface area contributed by atoms with Crippen molar-refractivity contribution in [1.29, 1.82) is 0 Å². The third kappa shape index (κ3) is 1.09. The molecule has 1 spiro atoms. The van der Waals surface area contributed by atoms with Crippen molar-refractivity contribution in [2.75, 3.05) is 18.6 Å². The third-order valence-corrected chi connectivity index (χ3v) is 7.56. The highest BCUT2D eigenvalue weighted by atomic mass is 32.2. The van der Waals surface area contributed by atoms with Gasteiger partial charge in [0.2, 0.25) is 0 Å². The molecule has 4 aliphatic rings. The second-order valence-corrected chi connectivity index (χ2v) is 7.45. The maximum atomic E-state index is 5.88. The Morgan fingerprint density at radius 2 is 2.14 bits per heavy atom. The van der Waals surface area contributed by atoms with Gasteiger partial charge in [0.25, 0.3) is 0 Å². The molecule has 0 aromatic carbocycles. The Hall–Kier alpha value is 0.400. The van der Waals surface area contributed by atoms with Gasteiger partial charge in [-0.1, -0.05) is 12.2 Å². The summed E-state index contributed by atoms with van der Waals surface area (Å²) in [5, 5.41) is 0. The van der Waals surface area contributed by atoms with E-state index in [1.807, 2.05) is 7.11 Å². The van der Waals surface area contributed by atoms with Crippen molar-refractivity contribution in [3.63, 3.8) is 0 Å². The number of methoxy groups -OCH3 is 1. The molecule has 0 amide bonds. The van der Waals surface area contributed by atoms with Crippen LogP contribution in [0.5, 0.6) is 0 Å². The molecule has 14 heavy (non-hydrogen) atoms. The molecule has 1 nitrogen and oxygen atoms in total. The van der Waals surface area contributed by atoms with Crippen molar-refractivity contribution in [2.24, 2.45) is 5.92 Å². The summed E-state index contributed by atoms with van der Waals surface area (Å²) in [7, 11) is 1.89. The van der Waals surface area contributed by atoms with Gasteiger partial charge >= 0.3 is 0 Å². The maximum absolute atomic E-state index is 5.88. The predicted molar refractivity (Wildman–Crippen MR) is 63.9 cm³/mol. The van der Waals surface area contributed by atoms with Crippen molar-refractivity contribution in [1.82, 2.24) is 0 Å². The molecule has 1 heterocycles. The topological polar surface area (TPSA) is 9.23 Å². The van der Waals surface area contributed by atoms with E-state index in [0.29, 0.717) is 4.08 Å². The summed E-state index contributed by atoms with van der Waals surface area (Å²) in [6.07, 6.45) is 8.62. The Morgan fingerprint density at radius 3 is 2.71 bits per heavy atom. The van der Waals surface area contributed by atoms with E-state index in [1.54, 1.807) is 0 Å². The lowest BCUT2D eigenvalue weighted by Crippen LogP contribution is -2.55. The zero-order chi connectivity index (χ0) is 9.65. The first kappa shape index (κ1) is 9.61. The van der Waals surface area contributed by atoms with Crippen LogP contribution in [0.3, 0.4) is 0 Å². The zero-order valence-electron chi connectivity index (χ0n) is 8.49. The molecule has 0 aromatic rings. The maximum Gasteiger partial charge on any atom is 0.110 e. The Balaban J connectivity index is 2.02. The molecule has 2 fully saturated rings. The highest BCUT2D eigenvalue weighted by Crippen LogP contribution is 2.62. The first-order chi connectivity index (χ1) is 6.80. The minimum absolute atomic E-state index is 0.0492. The summed E-state index contributed by atoms with van der Waals surface area (Å²) in [6, 6.07) is 0. The van der Waals surface area contributed by atoms with Gasteiger partial charge in [-0.15, -0.1) is 23.5 Å². The fourth-order valence-corrected chi connectivity index (χ4v) is 6.84. The molecule has 3 heteroatoms. The number of rotatable bonds is 1. The molecule has 2 unspecified atom stereocenters. The molecular weight excluding hydrogens is 212 g/mol. The molecule has 1 saturated heterocycles. The average Bonchev–Trinajstić information content (AvgIpc) is 2.69. The Morgan fingerprint density at radius 1 is 1.36 bits per heavy atom. The first-order valence-corrected chi connectivity index (χ1v) is 7.30. The van der Waals surface area contributed by atoms with Crippen LogP contribution in [0.1, 0.15) is 19.3 Å². The summed E-state index contributed by atoms with van der Waals surface area (Å²) >= 11 is 4.28. The van der Waals surface area contributed by atoms with Crippen molar-refractivity contribution >= 4 is 23.5 Å². The molecule has 4 rings (SSSR count). The molecule has 0 radical (unpaired) electrons. The van der Waals surface area contributed by atoms with Gasteiger partial charge in [-0.3, -0.25) is 0 Å². The van der Waals surface area contributed by atoms with E-state index in [1.165, 1.54) is 30.8 Å². The summed E-state index contributed by atoms with van der Waals surface area (Å²) in [4.78, 5) is 0. The van der Waals surface area contributed by atoms with E-state index in [-0.39, 0.29) is 5.60 Å². The number of hydrogen-bond donors (Lipinski definition) is 0. The summed E-state index contributed by atoms with van der Waals surface area (Å²) in [5.41, 5.74) is 0.0492. The van der Waals surface area contributed by atoms with Crippen LogP contribution in [0.15, 0.2) is 12.2 Å². The van der Waals surface area contributed by atoms with Crippen LogP contribution in [0.4, 0.5) is 0 Å². The molecule has 3 aliphatic carbocycles. The van der Waals surface area contributed by atoms with Gasteiger partial charge in [-0.2, -0.15) is 0 Å². The van der Waals surface area contributed by atoms with Gasteiger partial charge in [0.15, 0.2) is 0 Å². The van der Waals surface area contributed by atoms with Gasteiger partial charge in [0.1, 0.15) is 5.60 Å². The van der Waals surface area contributed by atoms with Gasteiger partial charge in [0.05, 0.1) is 4.08 Å². The highest BCUT2D eigenvalue weighted by molar-refractivity contribution is 8.21. The second-order valence-electron chi connectivity index (χ2n) is 4.41. The SMILES string of the molecule is COC12C=CC(CC1)CC21SCCS1. The van der Waals surface area contributed by atoms with E-state index in [2.05, 4.69) is 35.7 Å². The molecule has 0 aromatic heterocycles. The lowest BCUT2D eigenvalue weighted by molar-refractivity contribution is -0.0174. The predicted octanol–water partition coefficient (Wildman–Crippen LogP) is 2.92. The summed E-state index contributed by atoms with van der Waals surface area (Å²) < 4.78 is 6.24. The van der Waals surface area contributed by atoms with Crippen molar-refractivity contribution in [3.8, 4) is 0 Å². The molecule has 2 bridgehead atoms. The third-order valence-electron chi connectivity index (χ3n) is 3.82. The number of ether oxygens (including phenoxy) is 1. The van der Waals surface area contributed by atoms with Crippen LogP contribution in [-0.4, -0.2) is 28.3 Å². The fraction of sp³-hybridized carbons (Fsp3) is 0.818. The van der Waals surface area contributed by atoms with Gasteiger partial charge in [-0.05, 0) is 25.2 Å². The minimum atomic E-state index is 0.0492. The van der Waals surface area contributed by atoms with Crippen LogP contribution < -0.4 is 0 Å². The summed E-state index contributed by atoms with van der Waals surface area (Å²) in [6.45, 7) is 0. The van der Waals surface area contributed by atoms with E-state index in [0.717, 1.165) is 5.92 Å². The zero-order valence-corrected chi connectivity index (χ0v) is 10.1. The standard InChI is InChI=1S/C11H16OS2/c1-12-10-4-2-9(3-5-10)8-11(10)13-6-7-14-11/h2,4,9H,3,5-8H2,1H3. The number of hydrogen-bond acceptors (Lipinski definition) is 3. The Labute approximate surface area is 94.0 Å². The van der Waals surface area contributed by atoms with E-state index in [9.17, 15) is 0 Å². The van der Waals surface area contributed by atoms with Crippen molar-refractivity contribution < 1.29 is 4.74 Å². The van der Waals surface area contributed by atoms with Crippen LogP contribution in [0, 0.1) is 5.92 Å². The lowest BCUT2D eigenvalue weighted by Gasteiger charge is -2.53. The lowest BCUT2D eigenvalue weighted by atomic mass is 9.72. The Bertz CT molecular complexity index is 270. The minimum Gasteiger partial charge on any atom is -0.372 e. The first-order valence-electron chi connectivity index (χ1n) is 5.33. The second kappa shape index (κ2) is 3.19. The molecule has 78 valence electrons. The van der Waals surface area contributed by atoms with Crippen molar-refractivity contribution in [3.05, 3.63) is 12.2 Å². The monoisotopic (exact) mass is 228 g/mol. The molecule has 1 saturated carbocycles.